The van der Waals surface area contributed by atoms with Crippen LogP contribution in [0.2, 0.25) is 0 Å². The van der Waals surface area contributed by atoms with Crippen LogP contribution in [0.3, 0.4) is 0 Å². The minimum atomic E-state index is -0.673. The fourth-order valence-electron chi connectivity index (χ4n) is 4.44. The number of hydrogen-bond donors (Lipinski definition) is 2. The fourth-order valence-corrected chi connectivity index (χ4v) is 4.44. The number of hydrogen-bond acceptors (Lipinski definition) is 2. The SMILES string of the molecule is CC(C(=O)NC1CC(c2c(-c3ccc(F)cc3)[nH]c3c(F)cc(F)cc23)C1)n1ccnc1. The Hall–Kier alpha value is -3.55. The summed E-state index contributed by atoms with van der Waals surface area (Å²) >= 11 is 0. The van der Waals surface area contributed by atoms with Crippen molar-refractivity contribution in [1.82, 2.24) is 19.9 Å². The van der Waals surface area contributed by atoms with Gasteiger partial charge >= 0.3 is 0 Å². The first-order valence-corrected chi connectivity index (χ1v) is 10.4. The van der Waals surface area contributed by atoms with Gasteiger partial charge in [0.15, 0.2) is 0 Å². The molecule has 1 unspecified atom stereocenters. The van der Waals surface area contributed by atoms with Crippen LogP contribution in [0.5, 0.6) is 0 Å². The second-order valence-electron chi connectivity index (χ2n) is 8.29. The molecule has 5 rings (SSSR count). The lowest BCUT2D eigenvalue weighted by molar-refractivity contribution is -0.125. The fraction of sp³-hybridized carbons (Fsp3) is 0.250. The van der Waals surface area contributed by atoms with E-state index in [2.05, 4.69) is 15.3 Å². The number of fused-ring (bicyclic) bond motifs is 1. The summed E-state index contributed by atoms with van der Waals surface area (Å²) in [6.45, 7) is 1.80. The van der Waals surface area contributed by atoms with Gasteiger partial charge in [0.05, 0.1) is 17.5 Å². The van der Waals surface area contributed by atoms with Gasteiger partial charge in [0, 0.05) is 29.9 Å². The summed E-state index contributed by atoms with van der Waals surface area (Å²) in [6.07, 6.45) is 6.23. The normalized spacial score (nSPS) is 19.0. The van der Waals surface area contributed by atoms with Gasteiger partial charge in [-0.15, -0.1) is 0 Å². The van der Waals surface area contributed by atoms with E-state index < -0.39 is 11.6 Å². The summed E-state index contributed by atoms with van der Waals surface area (Å²) in [5.41, 5.74) is 2.35. The highest BCUT2D eigenvalue weighted by molar-refractivity contribution is 5.92. The lowest BCUT2D eigenvalue weighted by Crippen LogP contribution is -2.45. The van der Waals surface area contributed by atoms with Crippen molar-refractivity contribution < 1.29 is 18.0 Å². The van der Waals surface area contributed by atoms with Crippen LogP contribution < -0.4 is 5.32 Å². The van der Waals surface area contributed by atoms with E-state index in [1.807, 2.05) is 0 Å². The number of halogens is 3. The number of aromatic nitrogens is 3. The van der Waals surface area contributed by atoms with Gasteiger partial charge in [-0.05, 0) is 67.1 Å². The van der Waals surface area contributed by atoms with Crippen LogP contribution in [0.15, 0.2) is 55.1 Å². The molecule has 1 aliphatic carbocycles. The van der Waals surface area contributed by atoms with Crippen LogP contribution >= 0.6 is 0 Å². The molecule has 1 atom stereocenters. The van der Waals surface area contributed by atoms with Gasteiger partial charge in [-0.25, -0.2) is 18.2 Å². The topological polar surface area (TPSA) is 62.7 Å². The predicted octanol–water partition coefficient (Wildman–Crippen LogP) is 5.07. The predicted molar refractivity (Wildman–Crippen MR) is 114 cm³/mol. The third kappa shape index (κ3) is 3.55. The van der Waals surface area contributed by atoms with Gasteiger partial charge in [0.25, 0.3) is 0 Å². The Morgan fingerprint density at radius 2 is 1.91 bits per heavy atom. The Kier molecular flexibility index (Phi) is 5.00. The van der Waals surface area contributed by atoms with E-state index in [-0.39, 0.29) is 35.2 Å². The van der Waals surface area contributed by atoms with Crippen LogP contribution in [0.1, 0.15) is 37.3 Å². The second kappa shape index (κ2) is 7.85. The van der Waals surface area contributed by atoms with Gasteiger partial charge < -0.3 is 14.9 Å². The van der Waals surface area contributed by atoms with Gasteiger partial charge in [-0.3, -0.25) is 4.79 Å². The number of carbonyl (C=O) groups excluding carboxylic acids is 1. The zero-order valence-electron chi connectivity index (χ0n) is 17.3. The van der Waals surface area contributed by atoms with Gasteiger partial charge in [0.2, 0.25) is 5.91 Å². The zero-order valence-corrected chi connectivity index (χ0v) is 17.3. The number of benzene rings is 2. The number of imidazole rings is 1. The minimum absolute atomic E-state index is 0.00106. The summed E-state index contributed by atoms with van der Waals surface area (Å²) < 4.78 is 43.7. The molecule has 164 valence electrons. The highest BCUT2D eigenvalue weighted by Gasteiger charge is 2.36. The average Bonchev–Trinajstić information content (AvgIpc) is 3.39. The molecule has 1 saturated carbocycles. The maximum absolute atomic E-state index is 14.5. The lowest BCUT2D eigenvalue weighted by atomic mass is 9.74. The highest BCUT2D eigenvalue weighted by Crippen LogP contribution is 2.45. The summed E-state index contributed by atoms with van der Waals surface area (Å²) in [7, 11) is 0. The van der Waals surface area contributed by atoms with Crippen molar-refractivity contribution in [3.63, 3.8) is 0 Å². The molecule has 2 N–H and O–H groups in total. The maximum Gasteiger partial charge on any atom is 0.243 e. The molecule has 1 aliphatic rings. The van der Waals surface area contributed by atoms with E-state index in [9.17, 15) is 18.0 Å². The molecule has 0 saturated heterocycles. The van der Waals surface area contributed by atoms with Crippen molar-refractivity contribution in [3.8, 4) is 11.3 Å². The van der Waals surface area contributed by atoms with Crippen LogP contribution in [0.4, 0.5) is 13.2 Å². The zero-order chi connectivity index (χ0) is 22.4. The van der Waals surface area contributed by atoms with Crippen LogP contribution in [0, 0.1) is 17.5 Å². The quantitative estimate of drug-likeness (QED) is 0.457. The summed E-state index contributed by atoms with van der Waals surface area (Å²) in [5.74, 6) is -1.81. The van der Waals surface area contributed by atoms with E-state index in [0.29, 0.717) is 29.5 Å². The van der Waals surface area contributed by atoms with Crippen molar-refractivity contribution in [3.05, 3.63) is 78.1 Å². The molecule has 2 aromatic heterocycles. The monoisotopic (exact) mass is 438 g/mol. The van der Waals surface area contributed by atoms with E-state index in [4.69, 9.17) is 0 Å². The summed E-state index contributed by atoms with van der Waals surface area (Å²) in [5, 5.41) is 3.51. The third-order valence-corrected chi connectivity index (χ3v) is 6.24. The van der Waals surface area contributed by atoms with Crippen molar-refractivity contribution >= 4 is 16.8 Å². The Labute approximate surface area is 182 Å². The average molecular weight is 438 g/mol. The molecule has 1 fully saturated rings. The van der Waals surface area contributed by atoms with Crippen molar-refractivity contribution in [2.24, 2.45) is 0 Å². The first-order valence-electron chi connectivity index (χ1n) is 10.4. The maximum atomic E-state index is 14.5. The smallest absolute Gasteiger partial charge is 0.243 e. The molecule has 2 heterocycles. The molecule has 1 amide bonds. The van der Waals surface area contributed by atoms with Crippen molar-refractivity contribution in [2.45, 2.75) is 37.8 Å². The van der Waals surface area contributed by atoms with E-state index >= 15 is 0 Å². The van der Waals surface area contributed by atoms with Crippen LogP contribution in [0.25, 0.3) is 22.2 Å². The number of aromatic amines is 1. The first kappa shape index (κ1) is 20.4. The molecule has 0 radical (unpaired) electrons. The van der Waals surface area contributed by atoms with E-state index in [0.717, 1.165) is 11.6 Å². The van der Waals surface area contributed by atoms with Crippen LogP contribution in [-0.4, -0.2) is 26.5 Å². The number of carbonyl (C=O) groups is 1. The number of nitrogens with one attached hydrogen (secondary N) is 2. The van der Waals surface area contributed by atoms with Gasteiger partial charge in [0.1, 0.15) is 23.5 Å². The van der Waals surface area contributed by atoms with Crippen molar-refractivity contribution in [1.29, 1.82) is 0 Å². The lowest BCUT2D eigenvalue weighted by Gasteiger charge is -2.37. The molecule has 4 aromatic rings. The molecule has 32 heavy (non-hydrogen) atoms. The summed E-state index contributed by atoms with van der Waals surface area (Å²) in [6, 6.07) is 7.64. The summed E-state index contributed by atoms with van der Waals surface area (Å²) in [4.78, 5) is 19.6. The molecule has 8 heteroatoms. The molecule has 5 nitrogen and oxygen atoms in total. The minimum Gasteiger partial charge on any atom is -0.352 e. The van der Waals surface area contributed by atoms with E-state index in [1.54, 1.807) is 42.3 Å². The molecule has 0 aliphatic heterocycles. The molecule has 2 aromatic carbocycles. The van der Waals surface area contributed by atoms with Gasteiger partial charge in [-0.2, -0.15) is 0 Å². The third-order valence-electron chi connectivity index (χ3n) is 6.24. The van der Waals surface area contributed by atoms with Crippen molar-refractivity contribution in [2.75, 3.05) is 0 Å². The number of amides is 1. The molecule has 0 spiro atoms. The van der Waals surface area contributed by atoms with Crippen LogP contribution in [-0.2, 0) is 4.79 Å². The number of rotatable bonds is 5. The Morgan fingerprint density at radius 3 is 2.59 bits per heavy atom. The Bertz CT molecular complexity index is 1280. The van der Waals surface area contributed by atoms with Gasteiger partial charge in [-0.1, -0.05) is 0 Å². The molecular formula is C24H21F3N4O. The number of H-pyrrole nitrogens is 1. The molecular weight excluding hydrogens is 417 g/mol. The van der Waals surface area contributed by atoms with E-state index in [1.165, 1.54) is 18.2 Å². The largest absolute Gasteiger partial charge is 0.352 e. The Morgan fingerprint density at radius 1 is 1.16 bits per heavy atom. The standard InChI is InChI=1S/C24H21F3N4O/c1-13(31-7-6-28-12-31)24(32)29-18-8-15(9-18)21-19-10-17(26)11-20(27)23(19)30-22(21)14-2-4-16(25)5-3-14/h2-7,10-13,15,18,30H,8-9H2,1H3,(H,29,32). The first-order chi connectivity index (χ1) is 15.4. The highest BCUT2D eigenvalue weighted by atomic mass is 19.1. The second-order valence-corrected chi connectivity index (χ2v) is 8.29. The molecule has 0 bridgehead atoms. The number of nitrogens with zero attached hydrogens (tertiary/aromatic N) is 2. The Balaban J connectivity index is 1.42.